The van der Waals surface area contributed by atoms with Crippen LogP contribution in [0.15, 0.2) is 66.3 Å². The molecule has 0 aromatic heterocycles. The second-order valence-corrected chi connectivity index (χ2v) is 22.9. The molecule has 0 unspecified atom stereocenters. The third-order valence-corrected chi connectivity index (χ3v) is 16.3. The Balaban J connectivity index is 1.17. The number of unbranched alkanes of at least 4 members (excludes halogenated alkanes) is 2. The second-order valence-electron chi connectivity index (χ2n) is 22.5. The molecule has 446 valence electrons. The zero-order valence-electron chi connectivity index (χ0n) is 48.3. The van der Waals surface area contributed by atoms with Gasteiger partial charge in [0.2, 0.25) is 11.8 Å². The van der Waals surface area contributed by atoms with Gasteiger partial charge < -0.3 is 50.1 Å². The fraction of sp³-hybridized carbons (Fsp3) is 0.550. The number of nitrogens with zero attached hydrogens (tertiary/aromatic N) is 2. The van der Waals surface area contributed by atoms with Crippen LogP contribution in [-0.2, 0) is 65.4 Å². The smallest absolute Gasteiger partial charge is 0.412 e. The van der Waals surface area contributed by atoms with Crippen LogP contribution >= 0.6 is 11.6 Å². The number of amides is 7. The van der Waals surface area contributed by atoms with Crippen molar-refractivity contribution in [2.24, 2.45) is 23.5 Å². The summed E-state index contributed by atoms with van der Waals surface area (Å²) >= 11 is 6.86. The minimum Gasteiger partial charge on any atom is -0.495 e. The molecule has 2 saturated heterocycles. The van der Waals surface area contributed by atoms with Crippen molar-refractivity contribution in [3.8, 4) is 5.75 Å². The van der Waals surface area contributed by atoms with Crippen molar-refractivity contribution in [3.63, 3.8) is 0 Å². The van der Waals surface area contributed by atoms with E-state index in [1.54, 1.807) is 45.2 Å². The Hall–Kier alpha value is -6.94. The molecule has 4 heterocycles. The topological polar surface area (TPSA) is 292 Å². The summed E-state index contributed by atoms with van der Waals surface area (Å²) in [6.45, 7) is 11.3. The number of Topliss-reactive ketones (excluding diaryl/α,β-unsaturated/α-hetero) is 2. The van der Waals surface area contributed by atoms with Crippen LogP contribution in [0.2, 0.25) is 5.02 Å². The fourth-order valence-corrected chi connectivity index (χ4v) is 11.2. The number of esters is 1. The first-order valence-corrected chi connectivity index (χ1v) is 28.2. The van der Waals surface area contributed by atoms with E-state index in [0.29, 0.717) is 42.0 Å². The monoisotopic (exact) mass is 1160 g/mol. The third-order valence-electron chi connectivity index (χ3n) is 15.8. The van der Waals surface area contributed by atoms with Crippen molar-refractivity contribution in [2.45, 2.75) is 160 Å². The number of anilines is 2. The number of hydrogen-bond acceptors (Lipinski definition) is 15. The summed E-state index contributed by atoms with van der Waals surface area (Å²) in [4.78, 5) is 121. The molecule has 82 heavy (non-hydrogen) atoms. The lowest BCUT2D eigenvalue weighted by Crippen LogP contribution is -2.53. The molecule has 4 aliphatic rings. The number of ketones is 2. The van der Waals surface area contributed by atoms with Gasteiger partial charge in [0.25, 0.3) is 11.8 Å². The highest BCUT2D eigenvalue weighted by atomic mass is 35.5. The summed E-state index contributed by atoms with van der Waals surface area (Å²) in [6, 6.07) is 6.62. The second kappa shape index (κ2) is 28.4. The Labute approximate surface area is 484 Å². The normalized spacial score (nSPS) is 25.5. The molecular weight excluding hydrogens is 1080 g/mol. The van der Waals surface area contributed by atoms with Crippen LogP contribution in [0, 0.1) is 24.7 Å². The van der Waals surface area contributed by atoms with Gasteiger partial charge >= 0.3 is 18.1 Å². The fourth-order valence-electron chi connectivity index (χ4n) is 10.9. The predicted octanol–water partition coefficient (Wildman–Crippen LogP) is 6.69. The number of urea groups is 1. The maximum absolute atomic E-state index is 14.4. The number of hydrogen-bond donors (Lipinski definition) is 5. The molecule has 0 spiro atoms. The van der Waals surface area contributed by atoms with E-state index in [2.05, 4.69) is 16.0 Å². The largest absolute Gasteiger partial charge is 0.495 e. The van der Waals surface area contributed by atoms with Gasteiger partial charge in [-0.25, -0.2) is 9.59 Å². The number of fused-ring (bicyclic) bond motifs is 5. The number of nitrogens with one attached hydrogen (secondary N) is 3. The number of nitrogens with two attached hydrogens (primary N) is 1. The van der Waals surface area contributed by atoms with Crippen LogP contribution in [0.3, 0.4) is 0 Å². The maximum atomic E-state index is 14.4. The number of imide groups is 1. The number of carbonyl (C=O) groups excluding carboxylic acids is 9. The van der Waals surface area contributed by atoms with Crippen LogP contribution in [0.25, 0.3) is 0 Å². The van der Waals surface area contributed by atoms with E-state index >= 15 is 0 Å². The third kappa shape index (κ3) is 16.6. The summed E-state index contributed by atoms with van der Waals surface area (Å²) in [5.74, 6) is -4.28. The zero-order valence-corrected chi connectivity index (χ0v) is 49.1. The first-order valence-electron chi connectivity index (χ1n) is 27.9. The number of primary amides is 1. The van der Waals surface area contributed by atoms with Crippen molar-refractivity contribution in [2.75, 3.05) is 44.6 Å². The van der Waals surface area contributed by atoms with Crippen LogP contribution in [0.5, 0.6) is 5.75 Å². The van der Waals surface area contributed by atoms with E-state index in [-0.39, 0.29) is 105 Å². The highest BCUT2D eigenvalue weighted by Crippen LogP contribution is 2.50. The molecule has 9 atom stereocenters. The number of ether oxygens (including phenoxy) is 5. The number of aliphatic hydroxyl groups is 1. The van der Waals surface area contributed by atoms with Gasteiger partial charge in [0.1, 0.15) is 41.0 Å². The first kappa shape index (κ1) is 64.2. The molecule has 0 aliphatic carbocycles. The van der Waals surface area contributed by atoms with Gasteiger partial charge in [-0.05, 0) is 93.7 Å². The van der Waals surface area contributed by atoms with Crippen molar-refractivity contribution in [1.82, 2.24) is 15.5 Å². The number of methoxy groups -OCH3 is 2. The summed E-state index contributed by atoms with van der Waals surface area (Å²) in [5.41, 5.74) is 5.93. The van der Waals surface area contributed by atoms with Crippen molar-refractivity contribution < 1.29 is 71.9 Å². The molecule has 22 heteroatoms. The van der Waals surface area contributed by atoms with Crippen molar-refractivity contribution >= 4 is 76.3 Å². The summed E-state index contributed by atoms with van der Waals surface area (Å²) in [6.07, 6.45) is 4.91. The highest BCUT2D eigenvalue weighted by molar-refractivity contribution is 6.34. The molecule has 2 fully saturated rings. The van der Waals surface area contributed by atoms with Crippen LogP contribution < -0.4 is 31.3 Å². The number of halogens is 1. The predicted molar refractivity (Wildman–Crippen MR) is 305 cm³/mol. The van der Waals surface area contributed by atoms with Gasteiger partial charge in [0.05, 0.1) is 48.5 Å². The molecule has 0 saturated carbocycles. The van der Waals surface area contributed by atoms with E-state index < -0.39 is 83.4 Å². The minimum absolute atomic E-state index is 0.00303. The Bertz CT molecular complexity index is 2830. The van der Waals surface area contributed by atoms with Crippen molar-refractivity contribution in [3.05, 3.63) is 88.0 Å². The summed E-state index contributed by atoms with van der Waals surface area (Å²) in [5, 5.41) is 20.4. The van der Waals surface area contributed by atoms with Gasteiger partial charge in [-0.1, -0.05) is 74.7 Å². The molecule has 6 N–H and O–H groups in total. The molecule has 21 nitrogen and oxygen atoms in total. The van der Waals surface area contributed by atoms with Crippen molar-refractivity contribution in [1.29, 1.82) is 0 Å². The number of aryl methyl sites for hydroxylation is 1. The van der Waals surface area contributed by atoms with E-state index in [4.69, 9.17) is 41.0 Å². The Morgan fingerprint density at radius 3 is 2.38 bits per heavy atom. The Morgan fingerprint density at radius 2 is 1.71 bits per heavy atom. The molecule has 0 radical (unpaired) electrons. The standard InChI is InChI=1S/C60H79ClN6O15/c1-34(2)41(30-40(68)16-11-10-12-24-67-50(70)21-22-51(67)71)56(74)64-42(17-14-23-63-57(62)75)45(69)28-38-19-20-43(46(29-38)78-8)65-58(76)81-49-31-52(72)66(7)44-27-39(26-36(4)54(44)61)25-35(3)15-13-18-48(79-9)60(77)32-47(80-53(73)33-60)37(5)55-59(49,6)82-55/h13,15,18-22,26-27,29,34,37,41-42,47-49,55,77H,10-12,14,16-17,23-25,28,30-33H2,1-9H3,(H,64,74)(H,65,76)(H3,62,63,75)/b18-13+,35-15+/t37-,41+,42+,47+,48-,49+,55+,59+,60-/m1/s1. The summed E-state index contributed by atoms with van der Waals surface area (Å²) < 4.78 is 29.7. The van der Waals surface area contributed by atoms with Crippen LogP contribution in [0.1, 0.15) is 116 Å². The highest BCUT2D eigenvalue weighted by Gasteiger charge is 2.64. The lowest BCUT2D eigenvalue weighted by molar-refractivity contribution is -0.187. The van der Waals surface area contributed by atoms with E-state index in [1.807, 2.05) is 45.9 Å². The Morgan fingerprint density at radius 1 is 0.988 bits per heavy atom. The first-order chi connectivity index (χ1) is 38.8. The lowest BCUT2D eigenvalue weighted by atomic mass is 9.78. The van der Waals surface area contributed by atoms with E-state index in [0.717, 1.165) is 21.6 Å². The SMILES string of the molecule is COc1cc(CC(=O)[C@H](CCCNC(N)=O)NC(=O)[C@@H](CC(=O)CCCCCN2C(=O)C=CC2=O)C(C)C)ccc1NC(=O)O[C@H]1CC(=O)N(C)c2cc(cc(C)c2Cl)C/C(C)=C/C=C/[C@@H](OC)[C@]2(O)CC(=O)O[C@@H](C2)[C@@H](C)[C@@H]2O[C@@]12C. The number of epoxide rings is 1. The minimum atomic E-state index is -1.64. The molecule has 4 bridgehead atoms. The van der Waals surface area contributed by atoms with Gasteiger partial charge in [0, 0.05) is 76.9 Å². The quantitative estimate of drug-likeness (QED) is 0.0355. The number of benzene rings is 2. The molecule has 7 amide bonds. The molecule has 6 rings (SSSR count). The molecular formula is C60H79ClN6O15. The molecule has 2 aromatic rings. The summed E-state index contributed by atoms with van der Waals surface area (Å²) in [7, 11) is 4.41. The maximum Gasteiger partial charge on any atom is 0.412 e. The van der Waals surface area contributed by atoms with Crippen LogP contribution in [-0.4, -0.2) is 139 Å². The Kier molecular flexibility index (Phi) is 22.2. The average molecular weight is 1160 g/mol. The van der Waals surface area contributed by atoms with Crippen LogP contribution in [0.4, 0.5) is 21.0 Å². The number of allylic oxidation sites excluding steroid dienone is 3. The molecule has 2 aromatic carbocycles. The average Bonchev–Trinajstić information content (AvgIpc) is 2.01. The number of rotatable bonds is 22. The lowest BCUT2D eigenvalue weighted by Gasteiger charge is -2.41. The van der Waals surface area contributed by atoms with E-state index in [1.165, 1.54) is 37.3 Å². The number of carbonyl (C=O) groups is 9. The van der Waals surface area contributed by atoms with E-state index in [9.17, 15) is 48.3 Å². The molecule has 4 aliphatic heterocycles. The van der Waals surface area contributed by atoms with Gasteiger partial charge in [-0.3, -0.25) is 43.8 Å². The van der Waals surface area contributed by atoms with Gasteiger partial charge in [0.15, 0.2) is 5.78 Å². The van der Waals surface area contributed by atoms with Gasteiger partial charge in [-0.2, -0.15) is 0 Å². The van der Waals surface area contributed by atoms with Gasteiger partial charge in [-0.15, -0.1) is 0 Å². The zero-order chi connectivity index (χ0) is 60.2.